The van der Waals surface area contributed by atoms with Gasteiger partial charge in [0.15, 0.2) is 9.84 Å². The summed E-state index contributed by atoms with van der Waals surface area (Å²) in [6, 6.07) is 4.89. The average Bonchev–Trinajstić information content (AvgIpc) is 2.37. The molecule has 1 aliphatic heterocycles. The molecule has 2 rings (SSSR count). The van der Waals surface area contributed by atoms with Crippen molar-refractivity contribution in [2.24, 2.45) is 5.92 Å². The highest BCUT2D eigenvalue weighted by molar-refractivity contribution is 7.91. The van der Waals surface area contributed by atoms with Gasteiger partial charge in [-0.3, -0.25) is 4.79 Å². The molecular weight excluding hydrogens is 302 g/mol. The van der Waals surface area contributed by atoms with E-state index in [0.29, 0.717) is 29.3 Å². The number of halogens is 1. The molecule has 1 atom stereocenters. The molecule has 0 radical (unpaired) electrons. The van der Waals surface area contributed by atoms with Crippen LogP contribution >= 0.6 is 11.6 Å². The van der Waals surface area contributed by atoms with Gasteiger partial charge < -0.3 is 10.1 Å². The molecule has 1 heterocycles. The quantitative estimate of drug-likeness (QED) is 0.926. The Bertz CT molecular complexity index is 615. The minimum Gasteiger partial charge on any atom is -0.495 e. The van der Waals surface area contributed by atoms with Crippen LogP contribution < -0.4 is 10.1 Å². The number of hydrogen-bond acceptors (Lipinski definition) is 4. The maximum atomic E-state index is 12.1. The summed E-state index contributed by atoms with van der Waals surface area (Å²) in [5.74, 6) is -0.164. The number of sulfone groups is 1. The van der Waals surface area contributed by atoms with Crippen LogP contribution in [0.5, 0.6) is 5.75 Å². The lowest BCUT2D eigenvalue weighted by Crippen LogP contribution is -2.34. The van der Waals surface area contributed by atoms with Crippen LogP contribution in [-0.4, -0.2) is 32.9 Å². The van der Waals surface area contributed by atoms with Gasteiger partial charge in [-0.1, -0.05) is 11.6 Å². The van der Waals surface area contributed by atoms with Gasteiger partial charge in [0.2, 0.25) is 5.91 Å². The molecule has 1 aliphatic rings. The van der Waals surface area contributed by atoms with E-state index >= 15 is 0 Å². The van der Waals surface area contributed by atoms with Crippen LogP contribution in [-0.2, 0) is 14.6 Å². The summed E-state index contributed by atoms with van der Waals surface area (Å²) < 4.78 is 28.1. The summed E-state index contributed by atoms with van der Waals surface area (Å²) in [5, 5.41) is 3.09. The van der Waals surface area contributed by atoms with E-state index in [1.807, 2.05) is 0 Å². The number of ether oxygens (including phenoxy) is 1. The first-order valence-corrected chi connectivity index (χ1v) is 8.46. The second kappa shape index (κ2) is 6.01. The minimum absolute atomic E-state index is 0.0806. The van der Waals surface area contributed by atoms with Crippen LogP contribution in [0, 0.1) is 5.92 Å². The molecule has 0 saturated carbocycles. The molecule has 1 aromatic carbocycles. The number of carbonyl (C=O) groups is 1. The van der Waals surface area contributed by atoms with Gasteiger partial charge in [0.1, 0.15) is 5.75 Å². The molecule has 0 spiro atoms. The summed E-state index contributed by atoms with van der Waals surface area (Å²) in [6.07, 6.45) is 1.12. The van der Waals surface area contributed by atoms with Crippen molar-refractivity contribution in [3.8, 4) is 5.75 Å². The third kappa shape index (κ3) is 3.64. The molecule has 110 valence electrons. The van der Waals surface area contributed by atoms with Crippen molar-refractivity contribution in [1.29, 1.82) is 0 Å². The highest BCUT2D eigenvalue weighted by Gasteiger charge is 2.29. The second-order valence-corrected chi connectivity index (χ2v) is 7.43. The molecule has 1 fully saturated rings. The molecule has 1 amide bonds. The monoisotopic (exact) mass is 317 g/mol. The number of benzene rings is 1. The zero-order chi connectivity index (χ0) is 14.8. The Kier molecular flexibility index (Phi) is 4.55. The third-order valence-electron chi connectivity index (χ3n) is 3.25. The Morgan fingerprint density at radius 2 is 2.20 bits per heavy atom. The van der Waals surface area contributed by atoms with Gasteiger partial charge in [-0.05, 0) is 31.0 Å². The highest BCUT2D eigenvalue weighted by Crippen LogP contribution is 2.28. The van der Waals surface area contributed by atoms with E-state index in [9.17, 15) is 13.2 Å². The number of carbonyl (C=O) groups excluding carboxylic acids is 1. The van der Waals surface area contributed by atoms with Crippen LogP contribution in [0.25, 0.3) is 0 Å². The summed E-state index contributed by atoms with van der Waals surface area (Å²) in [4.78, 5) is 12.1. The highest BCUT2D eigenvalue weighted by atomic mass is 35.5. The molecule has 5 nitrogen and oxygen atoms in total. The Morgan fingerprint density at radius 3 is 2.80 bits per heavy atom. The molecule has 20 heavy (non-hydrogen) atoms. The van der Waals surface area contributed by atoms with Crippen LogP contribution in [0.3, 0.4) is 0 Å². The number of anilines is 1. The molecule has 1 N–H and O–H groups in total. The fourth-order valence-corrected chi connectivity index (χ4v) is 4.18. The van der Waals surface area contributed by atoms with E-state index < -0.39 is 15.8 Å². The fourth-order valence-electron chi connectivity index (χ4n) is 2.22. The number of methoxy groups -OCH3 is 1. The van der Waals surface area contributed by atoms with Gasteiger partial charge in [-0.25, -0.2) is 8.42 Å². The largest absolute Gasteiger partial charge is 0.495 e. The van der Waals surface area contributed by atoms with Gasteiger partial charge in [0.05, 0.1) is 29.6 Å². The summed E-state index contributed by atoms with van der Waals surface area (Å²) in [5.41, 5.74) is 0.531. The lowest BCUT2D eigenvalue weighted by atomic mass is 10.0. The van der Waals surface area contributed by atoms with E-state index in [-0.39, 0.29) is 17.4 Å². The molecule has 1 saturated heterocycles. The van der Waals surface area contributed by atoms with Gasteiger partial charge in [-0.15, -0.1) is 0 Å². The Hall–Kier alpha value is -1.27. The van der Waals surface area contributed by atoms with Gasteiger partial charge in [-0.2, -0.15) is 0 Å². The smallest absolute Gasteiger partial charge is 0.228 e. The maximum Gasteiger partial charge on any atom is 0.228 e. The van der Waals surface area contributed by atoms with Gasteiger partial charge in [0.25, 0.3) is 0 Å². The van der Waals surface area contributed by atoms with Crippen molar-refractivity contribution in [1.82, 2.24) is 0 Å². The van der Waals surface area contributed by atoms with E-state index in [0.717, 1.165) is 0 Å². The molecule has 1 unspecified atom stereocenters. The van der Waals surface area contributed by atoms with Crippen LogP contribution in [0.2, 0.25) is 5.02 Å². The van der Waals surface area contributed by atoms with E-state index in [4.69, 9.17) is 16.3 Å². The fraction of sp³-hybridized carbons (Fsp3) is 0.462. The van der Waals surface area contributed by atoms with Crippen molar-refractivity contribution in [2.45, 2.75) is 12.8 Å². The van der Waals surface area contributed by atoms with Crippen molar-refractivity contribution >= 4 is 33.0 Å². The second-order valence-electron chi connectivity index (χ2n) is 4.79. The molecular formula is C13H16ClNO4S. The van der Waals surface area contributed by atoms with Gasteiger partial charge >= 0.3 is 0 Å². The zero-order valence-corrected chi connectivity index (χ0v) is 12.6. The van der Waals surface area contributed by atoms with Crippen LogP contribution in [0.1, 0.15) is 12.8 Å². The first-order valence-electron chi connectivity index (χ1n) is 6.26. The van der Waals surface area contributed by atoms with Gasteiger partial charge in [0, 0.05) is 5.69 Å². The topological polar surface area (TPSA) is 72.5 Å². The van der Waals surface area contributed by atoms with Crippen molar-refractivity contribution in [2.75, 3.05) is 23.9 Å². The molecule has 7 heteroatoms. The molecule has 0 aliphatic carbocycles. The Labute approximate surface area is 123 Å². The number of hydrogen-bond donors (Lipinski definition) is 1. The predicted molar refractivity (Wildman–Crippen MR) is 78.0 cm³/mol. The van der Waals surface area contributed by atoms with E-state index in [1.54, 1.807) is 18.2 Å². The first-order chi connectivity index (χ1) is 9.41. The van der Waals surface area contributed by atoms with E-state index in [1.165, 1.54) is 7.11 Å². The van der Waals surface area contributed by atoms with Crippen molar-refractivity contribution < 1.29 is 17.9 Å². The predicted octanol–water partition coefficient (Wildman–Crippen LogP) is 2.11. The molecule has 0 bridgehead atoms. The standard InChI is InChI=1S/C13H16ClNO4S/c1-19-12-5-4-10(7-11(12)14)15-13(16)9-3-2-6-20(17,18)8-9/h4-5,7,9H,2-3,6,8H2,1H3,(H,15,16). The van der Waals surface area contributed by atoms with Crippen LogP contribution in [0.4, 0.5) is 5.69 Å². The number of nitrogens with one attached hydrogen (secondary N) is 1. The first kappa shape index (κ1) is 15.1. The zero-order valence-electron chi connectivity index (χ0n) is 11.1. The summed E-state index contributed by atoms with van der Waals surface area (Å²) >= 11 is 5.97. The lowest BCUT2D eigenvalue weighted by molar-refractivity contribution is -0.119. The maximum absolute atomic E-state index is 12.1. The minimum atomic E-state index is -3.09. The van der Waals surface area contributed by atoms with E-state index in [2.05, 4.69) is 5.32 Å². The SMILES string of the molecule is COc1ccc(NC(=O)C2CCCS(=O)(=O)C2)cc1Cl. The summed E-state index contributed by atoms with van der Waals surface area (Å²) in [6.45, 7) is 0. The average molecular weight is 318 g/mol. The number of amides is 1. The molecule has 1 aromatic rings. The third-order valence-corrected chi connectivity index (χ3v) is 5.37. The lowest BCUT2D eigenvalue weighted by Gasteiger charge is -2.21. The van der Waals surface area contributed by atoms with Crippen molar-refractivity contribution in [3.63, 3.8) is 0 Å². The van der Waals surface area contributed by atoms with Crippen molar-refractivity contribution in [3.05, 3.63) is 23.2 Å². The Balaban J connectivity index is 2.06. The number of rotatable bonds is 3. The van der Waals surface area contributed by atoms with Crippen LogP contribution in [0.15, 0.2) is 18.2 Å². The molecule has 0 aromatic heterocycles. The summed E-state index contributed by atoms with van der Waals surface area (Å²) in [7, 11) is -1.59. The Morgan fingerprint density at radius 1 is 1.45 bits per heavy atom. The normalized spacial score (nSPS) is 21.2.